The number of unbranched alkanes of at least 4 members (excludes halogenated alkanes) is 5. The van der Waals surface area contributed by atoms with Crippen molar-refractivity contribution >= 4 is 24.0 Å². The van der Waals surface area contributed by atoms with Crippen LogP contribution in [-0.2, 0) is 14.4 Å². The van der Waals surface area contributed by atoms with E-state index in [0.29, 0.717) is 32.4 Å². The van der Waals surface area contributed by atoms with E-state index in [-0.39, 0.29) is 30.2 Å². The highest BCUT2D eigenvalue weighted by atomic mass is 16.4. The minimum atomic E-state index is -0.731. The van der Waals surface area contributed by atoms with Crippen LogP contribution in [0.3, 0.4) is 0 Å². The fraction of sp³-hybridized carbons (Fsp3) is 0.600. The molecule has 174 valence electrons. The number of likely N-dealkylation sites (tertiary alicyclic amines) is 1. The van der Waals surface area contributed by atoms with Gasteiger partial charge >= 0.3 is 5.97 Å². The van der Waals surface area contributed by atoms with E-state index >= 15 is 0 Å². The number of benzene rings is 1. The molecule has 1 N–H and O–H groups in total. The van der Waals surface area contributed by atoms with E-state index in [1.807, 2.05) is 41.4 Å². The second-order valence-electron chi connectivity index (χ2n) is 8.81. The Hall–Kier alpha value is -2.70. The van der Waals surface area contributed by atoms with Gasteiger partial charge in [0.2, 0.25) is 11.8 Å². The third kappa shape index (κ3) is 6.90. The average Bonchev–Trinajstić information content (AvgIpc) is 3.30. The van der Waals surface area contributed by atoms with E-state index < -0.39 is 5.97 Å². The summed E-state index contributed by atoms with van der Waals surface area (Å²) in [4.78, 5) is 38.0. The third-order valence-corrected chi connectivity index (χ3v) is 6.47. The standard InChI is InChI=1S/C25H35N3O4/c29-23(12-8-3-1-2-4-9-13-24(30)31)27-18-15-21(16-19-27)25(32)28-22(14-17-26-28)20-10-6-5-7-11-20/h5-7,10-11,17,21-22H,1-4,8-9,12-16,18-19H2,(H,30,31). The van der Waals surface area contributed by atoms with Crippen molar-refractivity contribution in [3.63, 3.8) is 0 Å². The van der Waals surface area contributed by atoms with Crippen LogP contribution in [0, 0.1) is 5.92 Å². The molecule has 1 aromatic carbocycles. The molecule has 0 spiro atoms. The molecule has 2 heterocycles. The quantitative estimate of drug-likeness (QED) is 0.516. The molecule has 0 bridgehead atoms. The molecule has 1 saturated heterocycles. The van der Waals surface area contributed by atoms with Gasteiger partial charge in [-0.15, -0.1) is 0 Å². The lowest BCUT2D eigenvalue weighted by Gasteiger charge is -2.34. The second-order valence-corrected chi connectivity index (χ2v) is 8.81. The Kier molecular flexibility index (Phi) is 9.26. The lowest BCUT2D eigenvalue weighted by Crippen LogP contribution is -2.43. The summed E-state index contributed by atoms with van der Waals surface area (Å²) < 4.78 is 0. The molecule has 2 aliphatic heterocycles. The Labute approximate surface area is 190 Å². The number of piperidine rings is 1. The molecule has 0 aliphatic carbocycles. The molecule has 1 atom stereocenters. The molecular formula is C25H35N3O4. The number of rotatable bonds is 11. The maximum absolute atomic E-state index is 13.1. The molecule has 32 heavy (non-hydrogen) atoms. The average molecular weight is 442 g/mol. The van der Waals surface area contributed by atoms with Crippen LogP contribution in [-0.4, -0.2) is 52.1 Å². The summed E-state index contributed by atoms with van der Waals surface area (Å²) in [6.45, 7) is 1.27. The summed E-state index contributed by atoms with van der Waals surface area (Å²) in [7, 11) is 0. The van der Waals surface area contributed by atoms with E-state index in [9.17, 15) is 14.4 Å². The highest BCUT2D eigenvalue weighted by Gasteiger charge is 2.35. The summed E-state index contributed by atoms with van der Waals surface area (Å²) in [5.74, 6) is -0.553. The SMILES string of the molecule is O=C(O)CCCCCCCCC(=O)N1CCC(C(=O)N2N=CCC2c2ccccc2)CC1. The third-order valence-electron chi connectivity index (χ3n) is 6.47. The Morgan fingerprint density at radius 3 is 2.19 bits per heavy atom. The molecule has 1 aromatic rings. The molecule has 2 aliphatic rings. The number of carboxylic acid groups (broad SMARTS) is 1. The van der Waals surface area contributed by atoms with Crippen molar-refractivity contribution < 1.29 is 19.5 Å². The van der Waals surface area contributed by atoms with Gasteiger partial charge in [-0.05, 0) is 31.2 Å². The van der Waals surface area contributed by atoms with Gasteiger partial charge in [-0.2, -0.15) is 5.10 Å². The molecule has 0 saturated carbocycles. The summed E-state index contributed by atoms with van der Waals surface area (Å²) in [6.07, 6.45) is 10.4. The summed E-state index contributed by atoms with van der Waals surface area (Å²) >= 11 is 0. The largest absolute Gasteiger partial charge is 0.481 e. The Morgan fingerprint density at radius 2 is 1.53 bits per heavy atom. The van der Waals surface area contributed by atoms with Crippen LogP contribution in [0.25, 0.3) is 0 Å². The first-order valence-electron chi connectivity index (χ1n) is 12.0. The predicted octanol–water partition coefficient (Wildman–Crippen LogP) is 4.39. The Morgan fingerprint density at radius 1 is 0.906 bits per heavy atom. The van der Waals surface area contributed by atoms with Crippen molar-refractivity contribution in [2.75, 3.05) is 13.1 Å². The van der Waals surface area contributed by atoms with Gasteiger partial charge in [-0.25, -0.2) is 5.01 Å². The molecule has 7 nitrogen and oxygen atoms in total. The fourth-order valence-corrected chi connectivity index (χ4v) is 4.56. The van der Waals surface area contributed by atoms with E-state index in [1.54, 1.807) is 5.01 Å². The maximum atomic E-state index is 13.1. The van der Waals surface area contributed by atoms with Crippen LogP contribution < -0.4 is 0 Å². The highest BCUT2D eigenvalue weighted by Crippen LogP contribution is 2.31. The van der Waals surface area contributed by atoms with Gasteiger partial charge in [-0.3, -0.25) is 14.4 Å². The fourth-order valence-electron chi connectivity index (χ4n) is 4.56. The first-order valence-corrected chi connectivity index (χ1v) is 12.0. The van der Waals surface area contributed by atoms with Crippen molar-refractivity contribution in [3.8, 4) is 0 Å². The number of nitrogens with zero attached hydrogens (tertiary/aromatic N) is 3. The Balaban J connectivity index is 1.34. The molecule has 0 radical (unpaired) electrons. The van der Waals surface area contributed by atoms with E-state index in [0.717, 1.165) is 50.5 Å². The number of carbonyl (C=O) groups excluding carboxylic acids is 2. The lowest BCUT2D eigenvalue weighted by atomic mass is 9.94. The molecule has 2 amide bonds. The summed E-state index contributed by atoms with van der Waals surface area (Å²) in [5.41, 5.74) is 1.10. The number of carboxylic acids is 1. The molecule has 1 fully saturated rings. The predicted molar refractivity (Wildman–Crippen MR) is 123 cm³/mol. The van der Waals surface area contributed by atoms with Crippen LogP contribution in [0.2, 0.25) is 0 Å². The van der Waals surface area contributed by atoms with Crippen molar-refractivity contribution in [1.82, 2.24) is 9.91 Å². The van der Waals surface area contributed by atoms with Gasteiger partial charge in [0, 0.05) is 44.5 Å². The lowest BCUT2D eigenvalue weighted by molar-refractivity contribution is -0.142. The van der Waals surface area contributed by atoms with Gasteiger partial charge in [0.05, 0.1) is 6.04 Å². The monoisotopic (exact) mass is 441 g/mol. The van der Waals surface area contributed by atoms with E-state index in [2.05, 4.69) is 5.10 Å². The van der Waals surface area contributed by atoms with Crippen molar-refractivity contribution in [3.05, 3.63) is 35.9 Å². The number of hydrazone groups is 1. The minimum absolute atomic E-state index is 0.0208. The Bertz CT molecular complexity index is 788. The zero-order valence-electron chi connectivity index (χ0n) is 18.8. The molecule has 3 rings (SSSR count). The van der Waals surface area contributed by atoms with Gasteiger partial charge in [0.1, 0.15) is 0 Å². The molecule has 7 heteroatoms. The summed E-state index contributed by atoms with van der Waals surface area (Å²) in [5, 5.41) is 14.6. The number of hydrogen-bond acceptors (Lipinski definition) is 4. The van der Waals surface area contributed by atoms with Gasteiger partial charge in [0.15, 0.2) is 0 Å². The summed E-state index contributed by atoms with van der Waals surface area (Å²) in [6, 6.07) is 10.0. The van der Waals surface area contributed by atoms with Crippen molar-refractivity contribution in [2.45, 2.75) is 76.7 Å². The first kappa shape index (κ1) is 24.0. The van der Waals surface area contributed by atoms with Crippen LogP contribution >= 0.6 is 0 Å². The van der Waals surface area contributed by atoms with Gasteiger partial charge in [0.25, 0.3) is 0 Å². The number of carbonyl (C=O) groups is 3. The zero-order valence-corrected chi connectivity index (χ0v) is 18.8. The number of hydrogen-bond donors (Lipinski definition) is 1. The highest BCUT2D eigenvalue weighted by molar-refractivity contribution is 5.82. The van der Waals surface area contributed by atoms with Crippen molar-refractivity contribution in [2.24, 2.45) is 11.0 Å². The first-order chi connectivity index (χ1) is 15.6. The van der Waals surface area contributed by atoms with E-state index in [1.165, 1.54) is 0 Å². The molecular weight excluding hydrogens is 406 g/mol. The van der Waals surface area contributed by atoms with Crippen LogP contribution in [0.15, 0.2) is 35.4 Å². The minimum Gasteiger partial charge on any atom is -0.481 e. The molecule has 0 aromatic heterocycles. The van der Waals surface area contributed by atoms with Crippen LogP contribution in [0.4, 0.5) is 0 Å². The normalized spacial score (nSPS) is 18.8. The molecule has 1 unspecified atom stereocenters. The topological polar surface area (TPSA) is 90.3 Å². The van der Waals surface area contributed by atoms with Gasteiger partial charge in [-0.1, -0.05) is 56.0 Å². The van der Waals surface area contributed by atoms with Gasteiger partial charge < -0.3 is 10.0 Å². The zero-order chi connectivity index (χ0) is 22.8. The maximum Gasteiger partial charge on any atom is 0.303 e. The number of aliphatic carboxylic acids is 1. The number of amides is 2. The van der Waals surface area contributed by atoms with Crippen LogP contribution in [0.1, 0.15) is 82.2 Å². The second kappa shape index (κ2) is 12.4. The smallest absolute Gasteiger partial charge is 0.303 e. The van der Waals surface area contributed by atoms with Crippen LogP contribution in [0.5, 0.6) is 0 Å². The van der Waals surface area contributed by atoms with E-state index in [4.69, 9.17) is 5.11 Å². The van der Waals surface area contributed by atoms with Crippen molar-refractivity contribution in [1.29, 1.82) is 0 Å².